The highest BCUT2D eigenvalue weighted by atomic mass is 32.2. The van der Waals surface area contributed by atoms with Crippen LogP contribution >= 0.6 is 24.0 Å². The highest BCUT2D eigenvalue weighted by Gasteiger charge is 2.41. The summed E-state index contributed by atoms with van der Waals surface area (Å²) in [7, 11) is 0. The average Bonchev–Trinajstić information content (AvgIpc) is 3.50. The van der Waals surface area contributed by atoms with E-state index in [-0.39, 0.29) is 9.23 Å². The van der Waals surface area contributed by atoms with E-state index in [0.717, 1.165) is 44.9 Å². The van der Waals surface area contributed by atoms with Crippen LogP contribution in [0.3, 0.4) is 0 Å². The summed E-state index contributed by atoms with van der Waals surface area (Å²) in [5.74, 6) is -3.39. The summed E-state index contributed by atoms with van der Waals surface area (Å²) in [6.07, 6.45) is 0.863. The van der Waals surface area contributed by atoms with Crippen LogP contribution in [0.25, 0.3) is 34.3 Å². The SMILES string of the molecule is O=C(O)CC(C(=O)O)N1C(=O)/C(=C/c2ccc(-n3nc(-c4ccccc4)cc3-c3ccccc3)cc2)SC1=S. The number of rotatable bonds is 8. The molecule has 8 nitrogen and oxygen atoms in total. The Hall–Kier alpha value is -4.54. The van der Waals surface area contributed by atoms with E-state index in [1.807, 2.05) is 95.7 Å². The number of thioether (sulfide) groups is 1. The summed E-state index contributed by atoms with van der Waals surface area (Å²) in [5, 5.41) is 23.4. The van der Waals surface area contributed by atoms with Crippen molar-refractivity contribution in [1.29, 1.82) is 0 Å². The molecular formula is C29H21N3O5S2. The smallest absolute Gasteiger partial charge is 0.327 e. The van der Waals surface area contributed by atoms with Gasteiger partial charge >= 0.3 is 11.9 Å². The first-order chi connectivity index (χ1) is 18.8. The molecule has 0 bridgehead atoms. The second kappa shape index (κ2) is 11.1. The van der Waals surface area contributed by atoms with Crippen LogP contribution in [0.1, 0.15) is 12.0 Å². The third-order valence-electron chi connectivity index (χ3n) is 6.07. The molecule has 194 valence electrons. The third kappa shape index (κ3) is 5.52. The largest absolute Gasteiger partial charge is 0.481 e. The number of carboxylic acid groups (broad SMARTS) is 2. The monoisotopic (exact) mass is 555 g/mol. The lowest BCUT2D eigenvalue weighted by Crippen LogP contribution is -2.45. The summed E-state index contributed by atoms with van der Waals surface area (Å²) >= 11 is 6.15. The molecule has 1 aromatic heterocycles. The average molecular weight is 556 g/mol. The maximum absolute atomic E-state index is 13.0. The number of benzene rings is 3. The molecule has 1 aliphatic heterocycles. The molecule has 1 aliphatic rings. The molecule has 4 aromatic rings. The van der Waals surface area contributed by atoms with Gasteiger partial charge in [0.15, 0.2) is 0 Å². The zero-order valence-corrected chi connectivity index (χ0v) is 21.9. The van der Waals surface area contributed by atoms with E-state index in [1.54, 1.807) is 6.08 Å². The van der Waals surface area contributed by atoms with Gasteiger partial charge in [0.1, 0.15) is 10.4 Å². The summed E-state index contributed by atoms with van der Waals surface area (Å²) in [6, 6.07) is 27.7. The Balaban J connectivity index is 1.46. The zero-order chi connectivity index (χ0) is 27.5. The van der Waals surface area contributed by atoms with Crippen LogP contribution < -0.4 is 0 Å². The van der Waals surface area contributed by atoms with E-state index >= 15 is 0 Å². The Morgan fingerprint density at radius 1 is 0.923 bits per heavy atom. The number of nitrogens with zero attached hydrogens (tertiary/aromatic N) is 3. The Kier molecular flexibility index (Phi) is 7.40. The van der Waals surface area contributed by atoms with E-state index in [0.29, 0.717) is 5.56 Å². The fourth-order valence-corrected chi connectivity index (χ4v) is 5.57. The number of amides is 1. The van der Waals surface area contributed by atoms with Gasteiger partial charge in [-0.2, -0.15) is 5.10 Å². The van der Waals surface area contributed by atoms with Gasteiger partial charge < -0.3 is 10.2 Å². The number of hydrogen-bond acceptors (Lipinski definition) is 6. The van der Waals surface area contributed by atoms with Crippen molar-refractivity contribution in [3.8, 4) is 28.2 Å². The van der Waals surface area contributed by atoms with Gasteiger partial charge in [-0.05, 0) is 29.8 Å². The molecule has 0 spiro atoms. The van der Waals surface area contributed by atoms with Gasteiger partial charge in [0.05, 0.1) is 28.4 Å². The van der Waals surface area contributed by atoms with E-state index in [9.17, 15) is 19.5 Å². The van der Waals surface area contributed by atoms with Crippen molar-refractivity contribution in [2.75, 3.05) is 0 Å². The lowest BCUT2D eigenvalue weighted by molar-refractivity contribution is -0.150. The predicted octanol–water partition coefficient (Wildman–Crippen LogP) is 5.34. The van der Waals surface area contributed by atoms with E-state index in [4.69, 9.17) is 22.4 Å². The molecule has 0 aliphatic carbocycles. The van der Waals surface area contributed by atoms with Gasteiger partial charge in [0.2, 0.25) is 0 Å². The topological polar surface area (TPSA) is 113 Å². The molecule has 1 saturated heterocycles. The maximum atomic E-state index is 13.0. The molecule has 5 rings (SSSR count). The van der Waals surface area contributed by atoms with Gasteiger partial charge in [-0.25, -0.2) is 9.48 Å². The van der Waals surface area contributed by atoms with Gasteiger partial charge in [0, 0.05) is 11.1 Å². The predicted molar refractivity (Wildman–Crippen MR) is 153 cm³/mol. The van der Waals surface area contributed by atoms with Crippen molar-refractivity contribution in [2.45, 2.75) is 12.5 Å². The maximum Gasteiger partial charge on any atom is 0.327 e. The summed E-state index contributed by atoms with van der Waals surface area (Å²) in [6.45, 7) is 0. The number of aliphatic carboxylic acids is 2. The van der Waals surface area contributed by atoms with Crippen molar-refractivity contribution in [2.24, 2.45) is 0 Å². The minimum atomic E-state index is -1.57. The number of carbonyl (C=O) groups excluding carboxylic acids is 1. The van der Waals surface area contributed by atoms with Crippen LogP contribution in [-0.2, 0) is 14.4 Å². The summed E-state index contributed by atoms with van der Waals surface area (Å²) in [4.78, 5) is 36.8. The van der Waals surface area contributed by atoms with Crippen LogP contribution in [0.5, 0.6) is 0 Å². The highest BCUT2D eigenvalue weighted by Crippen LogP contribution is 2.35. The van der Waals surface area contributed by atoms with E-state index in [2.05, 4.69) is 0 Å². The standard InChI is InChI=1S/C29H21N3O5S2/c33-26(34)17-24(28(36)37)31-27(35)25(39-29(31)38)15-18-11-13-21(14-12-18)32-23(20-9-5-2-6-10-20)16-22(30-32)19-7-3-1-4-8-19/h1-16,24H,17H2,(H,33,34)(H,36,37)/b25-15-. The molecule has 1 unspecified atom stereocenters. The Morgan fingerprint density at radius 3 is 2.13 bits per heavy atom. The molecule has 0 radical (unpaired) electrons. The molecule has 0 saturated carbocycles. The van der Waals surface area contributed by atoms with Crippen molar-refractivity contribution in [3.63, 3.8) is 0 Å². The molecule has 1 fully saturated rings. The first kappa shape index (κ1) is 26.1. The van der Waals surface area contributed by atoms with Gasteiger partial charge in [-0.1, -0.05) is 96.8 Å². The summed E-state index contributed by atoms with van der Waals surface area (Å²) in [5.41, 5.74) is 5.26. The molecule has 1 amide bonds. The highest BCUT2D eigenvalue weighted by molar-refractivity contribution is 8.26. The quantitative estimate of drug-likeness (QED) is 0.221. The van der Waals surface area contributed by atoms with E-state index in [1.165, 1.54) is 0 Å². The second-order valence-electron chi connectivity index (χ2n) is 8.65. The van der Waals surface area contributed by atoms with Crippen molar-refractivity contribution < 1.29 is 24.6 Å². The number of thiocarbonyl (C=S) groups is 1. The zero-order valence-electron chi connectivity index (χ0n) is 20.3. The Bertz CT molecular complexity index is 1600. The van der Waals surface area contributed by atoms with Gasteiger partial charge in [0.25, 0.3) is 5.91 Å². The molecule has 2 heterocycles. The minimum absolute atomic E-state index is 0.00834. The van der Waals surface area contributed by atoms with Crippen LogP contribution in [0.4, 0.5) is 0 Å². The number of hydrogen-bond donors (Lipinski definition) is 2. The first-order valence-electron chi connectivity index (χ1n) is 11.8. The number of aromatic nitrogens is 2. The van der Waals surface area contributed by atoms with Crippen LogP contribution in [0, 0.1) is 0 Å². The van der Waals surface area contributed by atoms with Crippen LogP contribution in [-0.4, -0.2) is 53.1 Å². The fourth-order valence-electron chi connectivity index (χ4n) is 4.21. The molecule has 39 heavy (non-hydrogen) atoms. The molecule has 3 aromatic carbocycles. The first-order valence-corrected chi connectivity index (χ1v) is 13.1. The lowest BCUT2D eigenvalue weighted by atomic mass is 10.1. The minimum Gasteiger partial charge on any atom is -0.481 e. The van der Waals surface area contributed by atoms with E-state index < -0.39 is 30.3 Å². The fraction of sp³-hybridized carbons (Fsp3) is 0.0690. The Labute approximate surface area is 233 Å². The van der Waals surface area contributed by atoms with Gasteiger partial charge in [-0.15, -0.1) is 0 Å². The van der Waals surface area contributed by atoms with Crippen molar-refractivity contribution >= 4 is 52.2 Å². The number of carboxylic acids is 2. The van der Waals surface area contributed by atoms with Crippen molar-refractivity contribution in [3.05, 3.63) is 101 Å². The number of carbonyl (C=O) groups is 3. The van der Waals surface area contributed by atoms with Crippen LogP contribution in [0.2, 0.25) is 0 Å². The van der Waals surface area contributed by atoms with Gasteiger partial charge in [-0.3, -0.25) is 14.5 Å². The van der Waals surface area contributed by atoms with Crippen LogP contribution in [0.15, 0.2) is 95.9 Å². The van der Waals surface area contributed by atoms with Crippen molar-refractivity contribution in [1.82, 2.24) is 14.7 Å². The second-order valence-corrected chi connectivity index (χ2v) is 10.3. The molecule has 10 heteroatoms. The Morgan fingerprint density at radius 2 is 1.54 bits per heavy atom. The third-order valence-corrected chi connectivity index (χ3v) is 7.40. The summed E-state index contributed by atoms with van der Waals surface area (Å²) < 4.78 is 1.87. The molecule has 2 N–H and O–H groups in total. The normalized spacial score (nSPS) is 15.1. The molecule has 1 atom stereocenters. The lowest BCUT2D eigenvalue weighted by Gasteiger charge is -2.21. The molecular weight excluding hydrogens is 534 g/mol.